The third kappa shape index (κ3) is 6.85. The van der Waals surface area contributed by atoms with E-state index in [1.165, 1.54) is 16.2 Å². The number of anilines is 1. The van der Waals surface area contributed by atoms with Gasteiger partial charge in [0.1, 0.15) is 18.8 Å². The van der Waals surface area contributed by atoms with Gasteiger partial charge in [0.05, 0.1) is 25.5 Å². The highest BCUT2D eigenvalue weighted by Gasteiger charge is 2.40. The zero-order valence-corrected chi connectivity index (χ0v) is 24.2. The number of rotatable bonds is 8. The number of carbonyl (C=O) groups is 4. The molecule has 224 valence electrons. The molecule has 12 nitrogen and oxygen atoms in total. The molecule has 13 heteroatoms. The number of ether oxygens (including phenoxy) is 2. The van der Waals surface area contributed by atoms with Crippen LogP contribution in [0, 0.1) is 0 Å². The van der Waals surface area contributed by atoms with Crippen LogP contribution < -0.4 is 16.0 Å². The SMILES string of the molecule is O=C(NC1CC1)c1ccc(-c2csc(NC(=O)C3COCN3C(=O)C(NC(=O)N3CCOCC3)c3ccccc3)n2)cc1. The van der Waals surface area contributed by atoms with E-state index in [2.05, 4.69) is 20.9 Å². The van der Waals surface area contributed by atoms with Crippen molar-refractivity contribution in [1.82, 2.24) is 25.4 Å². The summed E-state index contributed by atoms with van der Waals surface area (Å²) < 4.78 is 10.9. The fourth-order valence-corrected chi connectivity index (χ4v) is 5.62. The van der Waals surface area contributed by atoms with E-state index in [1.807, 2.05) is 23.6 Å². The van der Waals surface area contributed by atoms with E-state index in [4.69, 9.17) is 9.47 Å². The number of aromatic nitrogens is 1. The summed E-state index contributed by atoms with van der Waals surface area (Å²) in [6.45, 7) is 1.64. The summed E-state index contributed by atoms with van der Waals surface area (Å²) in [5, 5.41) is 10.8. The molecule has 6 rings (SSSR count). The fourth-order valence-electron chi connectivity index (χ4n) is 4.90. The van der Waals surface area contributed by atoms with Gasteiger partial charge in [-0.25, -0.2) is 9.78 Å². The molecule has 1 aliphatic carbocycles. The molecule has 3 aromatic rings. The van der Waals surface area contributed by atoms with Crippen molar-refractivity contribution in [3.05, 3.63) is 71.1 Å². The number of carbonyl (C=O) groups excluding carboxylic acids is 4. The number of thiazole rings is 1. The first kappa shape index (κ1) is 28.8. The number of hydrogen-bond donors (Lipinski definition) is 3. The molecule has 3 N–H and O–H groups in total. The minimum absolute atomic E-state index is 0.0130. The van der Waals surface area contributed by atoms with Gasteiger partial charge < -0.3 is 35.2 Å². The molecule has 0 bridgehead atoms. The first-order chi connectivity index (χ1) is 21.0. The highest BCUT2D eigenvalue weighted by molar-refractivity contribution is 7.14. The lowest BCUT2D eigenvalue weighted by molar-refractivity contribution is -0.139. The molecule has 2 aliphatic heterocycles. The molecule has 3 heterocycles. The van der Waals surface area contributed by atoms with Gasteiger partial charge in [0.25, 0.3) is 17.7 Å². The van der Waals surface area contributed by atoms with Gasteiger partial charge in [-0.1, -0.05) is 42.5 Å². The molecule has 2 saturated heterocycles. The second-order valence-corrected chi connectivity index (χ2v) is 11.4. The van der Waals surface area contributed by atoms with E-state index in [0.717, 1.165) is 18.4 Å². The van der Waals surface area contributed by atoms with Crippen molar-refractivity contribution in [3.8, 4) is 11.3 Å². The molecule has 43 heavy (non-hydrogen) atoms. The average Bonchev–Trinajstić information content (AvgIpc) is 3.50. The van der Waals surface area contributed by atoms with E-state index in [0.29, 0.717) is 48.3 Å². The Balaban J connectivity index is 1.12. The first-order valence-electron chi connectivity index (χ1n) is 14.2. The smallest absolute Gasteiger partial charge is 0.318 e. The summed E-state index contributed by atoms with van der Waals surface area (Å²) in [7, 11) is 0. The topological polar surface area (TPSA) is 142 Å². The number of morpholine rings is 1. The molecule has 3 aliphatic rings. The summed E-state index contributed by atoms with van der Waals surface area (Å²) in [6.07, 6.45) is 2.05. The number of nitrogens with one attached hydrogen (secondary N) is 3. The van der Waals surface area contributed by atoms with Gasteiger partial charge in [-0.3, -0.25) is 14.4 Å². The van der Waals surface area contributed by atoms with Crippen LogP contribution in [0.15, 0.2) is 60.0 Å². The lowest BCUT2D eigenvalue weighted by Crippen LogP contribution is -2.52. The molecule has 0 radical (unpaired) electrons. The molecule has 1 aromatic heterocycles. The third-order valence-electron chi connectivity index (χ3n) is 7.50. The largest absolute Gasteiger partial charge is 0.378 e. The van der Waals surface area contributed by atoms with Crippen LogP contribution in [0.2, 0.25) is 0 Å². The van der Waals surface area contributed by atoms with Crippen LogP contribution >= 0.6 is 11.3 Å². The quantitative estimate of drug-likeness (QED) is 0.359. The molecule has 5 amide bonds. The standard InChI is InChI=1S/C30H32N6O6S/c37-26(31-22-10-11-22)21-8-6-19(7-9-21)23-17-43-29(32-23)34-27(38)24-16-42-18-36(24)28(39)25(20-4-2-1-3-5-20)33-30(40)35-12-14-41-15-13-35/h1-9,17,22,24-25H,10-16,18H2,(H,31,37)(H,33,40)(H,32,34,38). The van der Waals surface area contributed by atoms with Crippen molar-refractivity contribution in [2.75, 3.05) is 45.0 Å². The first-order valence-corrected chi connectivity index (χ1v) is 15.1. The van der Waals surface area contributed by atoms with Crippen LogP contribution in [0.5, 0.6) is 0 Å². The maximum atomic E-state index is 13.8. The monoisotopic (exact) mass is 604 g/mol. The van der Waals surface area contributed by atoms with Crippen molar-refractivity contribution >= 4 is 40.2 Å². The Labute approximate surface area is 252 Å². The van der Waals surface area contributed by atoms with E-state index in [9.17, 15) is 19.2 Å². The Morgan fingerprint density at radius 2 is 1.70 bits per heavy atom. The Morgan fingerprint density at radius 3 is 2.42 bits per heavy atom. The maximum absolute atomic E-state index is 13.8. The number of amides is 5. The van der Waals surface area contributed by atoms with Crippen molar-refractivity contribution in [3.63, 3.8) is 0 Å². The number of hydrogen-bond acceptors (Lipinski definition) is 8. The molecule has 2 aromatic carbocycles. The zero-order chi connectivity index (χ0) is 29.8. The summed E-state index contributed by atoms with van der Waals surface area (Å²) in [6, 6.07) is 14.1. The van der Waals surface area contributed by atoms with Crippen molar-refractivity contribution < 1.29 is 28.7 Å². The Hall–Kier alpha value is -4.33. The zero-order valence-electron chi connectivity index (χ0n) is 23.4. The van der Waals surface area contributed by atoms with Gasteiger partial charge in [0, 0.05) is 35.6 Å². The predicted molar refractivity (Wildman–Crippen MR) is 158 cm³/mol. The van der Waals surface area contributed by atoms with Gasteiger partial charge in [0.2, 0.25) is 0 Å². The molecule has 3 fully saturated rings. The molecule has 1 saturated carbocycles. The second-order valence-electron chi connectivity index (χ2n) is 10.6. The van der Waals surface area contributed by atoms with E-state index in [-0.39, 0.29) is 31.3 Å². The highest BCUT2D eigenvalue weighted by Crippen LogP contribution is 2.27. The fraction of sp³-hybridized carbons (Fsp3) is 0.367. The molecule has 0 spiro atoms. The van der Waals surface area contributed by atoms with Gasteiger partial charge in [-0.15, -0.1) is 11.3 Å². The highest BCUT2D eigenvalue weighted by atomic mass is 32.1. The number of benzene rings is 2. The number of nitrogens with zero attached hydrogens (tertiary/aromatic N) is 3. The van der Waals surface area contributed by atoms with Crippen molar-refractivity contribution in [1.29, 1.82) is 0 Å². The minimum Gasteiger partial charge on any atom is -0.378 e. The van der Waals surface area contributed by atoms with E-state index in [1.54, 1.807) is 41.3 Å². The predicted octanol–water partition coefficient (Wildman–Crippen LogP) is 2.61. The molecular weight excluding hydrogens is 572 g/mol. The summed E-state index contributed by atoms with van der Waals surface area (Å²) in [5.74, 6) is -0.977. The minimum atomic E-state index is -1.01. The Bertz CT molecular complexity index is 1470. The van der Waals surface area contributed by atoms with E-state index >= 15 is 0 Å². The van der Waals surface area contributed by atoms with Crippen LogP contribution in [0.3, 0.4) is 0 Å². The molecule has 2 unspecified atom stereocenters. The average molecular weight is 605 g/mol. The lowest BCUT2D eigenvalue weighted by Gasteiger charge is -2.31. The summed E-state index contributed by atoms with van der Waals surface area (Å²) in [4.78, 5) is 60.0. The van der Waals surface area contributed by atoms with Crippen LogP contribution in [0.1, 0.15) is 34.8 Å². The van der Waals surface area contributed by atoms with Crippen LogP contribution in [-0.2, 0) is 19.1 Å². The third-order valence-corrected chi connectivity index (χ3v) is 8.26. The van der Waals surface area contributed by atoms with Crippen LogP contribution in [-0.4, -0.2) is 90.3 Å². The molecule has 2 atom stereocenters. The summed E-state index contributed by atoms with van der Waals surface area (Å²) in [5.41, 5.74) is 2.64. The summed E-state index contributed by atoms with van der Waals surface area (Å²) >= 11 is 1.26. The molecular formula is C30H32N6O6S. The van der Waals surface area contributed by atoms with Crippen molar-refractivity contribution in [2.45, 2.75) is 31.0 Å². The van der Waals surface area contributed by atoms with Crippen molar-refractivity contribution in [2.24, 2.45) is 0 Å². The van der Waals surface area contributed by atoms with E-state index < -0.39 is 23.9 Å². The normalized spacial score (nSPS) is 19.0. The van der Waals surface area contributed by atoms with Gasteiger partial charge in [-0.2, -0.15) is 0 Å². The second kappa shape index (κ2) is 12.9. The van der Waals surface area contributed by atoms with Crippen LogP contribution in [0.4, 0.5) is 9.93 Å². The van der Waals surface area contributed by atoms with Gasteiger partial charge in [-0.05, 0) is 30.5 Å². The maximum Gasteiger partial charge on any atom is 0.318 e. The number of urea groups is 1. The lowest BCUT2D eigenvalue weighted by atomic mass is 10.0. The Kier molecular flexibility index (Phi) is 8.63. The Morgan fingerprint density at radius 1 is 0.953 bits per heavy atom. The van der Waals surface area contributed by atoms with Gasteiger partial charge >= 0.3 is 6.03 Å². The van der Waals surface area contributed by atoms with Gasteiger partial charge in [0.15, 0.2) is 5.13 Å². The van der Waals surface area contributed by atoms with Crippen LogP contribution in [0.25, 0.3) is 11.3 Å².